The molecule has 0 bridgehead atoms. The first kappa shape index (κ1) is 29.7. The number of likely N-dealkylation sites (tertiary alicyclic amines) is 1. The smallest absolute Gasteiger partial charge is 0.318 e. The molecule has 6 rings (SSSR count). The highest BCUT2D eigenvalue weighted by molar-refractivity contribution is 5.99. The topological polar surface area (TPSA) is 100 Å². The van der Waals surface area contributed by atoms with Crippen LogP contribution >= 0.6 is 0 Å². The van der Waals surface area contributed by atoms with Gasteiger partial charge in [-0.3, -0.25) is 19.2 Å². The van der Waals surface area contributed by atoms with Crippen LogP contribution < -0.4 is 0 Å². The third-order valence-corrected chi connectivity index (χ3v) is 9.40. The van der Waals surface area contributed by atoms with Crippen LogP contribution in [0.5, 0.6) is 0 Å². The Balaban J connectivity index is 1.29. The number of fused-ring (bicyclic) bond motifs is 2. The van der Waals surface area contributed by atoms with Crippen LogP contribution in [0.3, 0.4) is 0 Å². The van der Waals surface area contributed by atoms with Gasteiger partial charge in [0.1, 0.15) is 5.41 Å². The first-order valence-corrected chi connectivity index (χ1v) is 15.7. The molecule has 3 heterocycles. The van der Waals surface area contributed by atoms with Crippen molar-refractivity contribution in [3.05, 3.63) is 84.0 Å². The maximum atomic E-state index is 14.5. The summed E-state index contributed by atoms with van der Waals surface area (Å²) in [6.45, 7) is 3.71. The zero-order chi connectivity index (χ0) is 30.7. The average Bonchev–Trinajstić information content (AvgIpc) is 3.64. The number of allylic oxidation sites excluding steroid dienone is 1. The quantitative estimate of drug-likeness (QED) is 0.349. The van der Waals surface area contributed by atoms with E-state index in [-0.39, 0.29) is 36.5 Å². The number of amides is 3. The van der Waals surface area contributed by atoms with E-state index in [9.17, 15) is 19.2 Å². The second kappa shape index (κ2) is 12.7. The molecule has 0 spiro atoms. The van der Waals surface area contributed by atoms with Gasteiger partial charge >= 0.3 is 5.97 Å². The highest BCUT2D eigenvalue weighted by atomic mass is 16.5. The number of piperazine rings is 1. The van der Waals surface area contributed by atoms with Gasteiger partial charge in [0.05, 0.1) is 25.3 Å². The Morgan fingerprint density at radius 2 is 1.70 bits per heavy atom. The third kappa shape index (κ3) is 5.40. The monoisotopic (exact) mass is 597 g/mol. The Morgan fingerprint density at radius 3 is 2.48 bits per heavy atom. The molecule has 230 valence electrons. The maximum absolute atomic E-state index is 14.5. The number of nitrogens with zero attached hydrogens (tertiary/aromatic N) is 3. The normalized spacial score (nSPS) is 22.3. The van der Waals surface area contributed by atoms with Crippen molar-refractivity contribution in [2.45, 2.75) is 52.0 Å². The van der Waals surface area contributed by atoms with Gasteiger partial charge in [0, 0.05) is 38.3 Å². The molecule has 1 aliphatic carbocycles. The second-order valence-electron chi connectivity index (χ2n) is 11.9. The predicted octanol–water partition coefficient (Wildman–Crippen LogP) is 5.16. The standard InChI is InChI=1S/C35H39N3O6/c1-2-43-34(42)35-17-8-4-3-5-16-30(35)38(24-26-13-9-12-25-11-6-7-14-27(25)26)32(40)28(35)23-31(39)36-18-20-37(21-19-36)33(41)29-15-10-22-44-29/h6-7,9-16,22,28H,2-5,8,17-21,23-24H2,1H3/t28-,35-/m1/s1. The van der Waals surface area contributed by atoms with E-state index < -0.39 is 17.3 Å². The molecule has 2 saturated heterocycles. The number of esters is 1. The summed E-state index contributed by atoms with van der Waals surface area (Å²) in [6.07, 6.45) is 7.31. The number of rotatable bonds is 7. The van der Waals surface area contributed by atoms with Crippen molar-refractivity contribution >= 4 is 34.5 Å². The Bertz CT molecular complexity index is 1570. The molecule has 0 N–H and O–H groups in total. The largest absolute Gasteiger partial charge is 0.465 e. The van der Waals surface area contributed by atoms with E-state index in [1.807, 2.05) is 48.5 Å². The molecule has 2 aromatic carbocycles. The van der Waals surface area contributed by atoms with Gasteiger partial charge in [-0.15, -0.1) is 0 Å². The summed E-state index contributed by atoms with van der Waals surface area (Å²) in [5.41, 5.74) is 0.451. The highest BCUT2D eigenvalue weighted by Gasteiger charge is 2.61. The van der Waals surface area contributed by atoms with Gasteiger partial charge in [0.2, 0.25) is 11.8 Å². The Kier molecular flexibility index (Phi) is 8.55. The van der Waals surface area contributed by atoms with Crippen molar-refractivity contribution in [1.29, 1.82) is 0 Å². The molecule has 0 saturated carbocycles. The fraction of sp³-hybridized carbons (Fsp3) is 0.429. The van der Waals surface area contributed by atoms with Gasteiger partial charge in [0.25, 0.3) is 5.91 Å². The number of carbonyl (C=O) groups is 4. The summed E-state index contributed by atoms with van der Waals surface area (Å²) in [5.74, 6) is -1.62. The lowest BCUT2D eigenvalue weighted by atomic mass is 9.69. The van der Waals surface area contributed by atoms with E-state index >= 15 is 0 Å². The van der Waals surface area contributed by atoms with Gasteiger partial charge in [-0.25, -0.2) is 0 Å². The van der Waals surface area contributed by atoms with Crippen molar-refractivity contribution in [3.63, 3.8) is 0 Å². The van der Waals surface area contributed by atoms with Crippen molar-refractivity contribution in [2.24, 2.45) is 11.3 Å². The van der Waals surface area contributed by atoms with E-state index in [0.29, 0.717) is 44.8 Å². The van der Waals surface area contributed by atoms with Gasteiger partial charge in [0.15, 0.2) is 5.76 Å². The first-order chi connectivity index (χ1) is 21.4. The number of ether oxygens (including phenoxy) is 1. The summed E-state index contributed by atoms with van der Waals surface area (Å²) >= 11 is 0. The lowest BCUT2D eigenvalue weighted by molar-refractivity contribution is -0.158. The molecule has 44 heavy (non-hydrogen) atoms. The van der Waals surface area contributed by atoms with Crippen LogP contribution in [0, 0.1) is 11.3 Å². The molecule has 0 radical (unpaired) electrons. The van der Waals surface area contributed by atoms with Crippen LogP contribution in [0.2, 0.25) is 0 Å². The Morgan fingerprint density at radius 1 is 0.932 bits per heavy atom. The average molecular weight is 598 g/mol. The molecular formula is C35H39N3O6. The van der Waals surface area contributed by atoms with Crippen LogP contribution in [-0.2, 0) is 25.7 Å². The number of hydrogen-bond donors (Lipinski definition) is 0. The molecule has 9 nitrogen and oxygen atoms in total. The first-order valence-electron chi connectivity index (χ1n) is 15.7. The number of furan rings is 1. The zero-order valence-electron chi connectivity index (χ0n) is 25.2. The minimum atomic E-state index is -1.22. The van der Waals surface area contributed by atoms with E-state index in [0.717, 1.165) is 42.0 Å². The molecule has 3 aliphatic rings. The molecule has 2 atom stereocenters. The van der Waals surface area contributed by atoms with E-state index in [4.69, 9.17) is 9.15 Å². The summed E-state index contributed by atoms with van der Waals surface area (Å²) in [4.78, 5) is 60.2. The van der Waals surface area contributed by atoms with Crippen molar-refractivity contribution < 1.29 is 28.3 Å². The Hall–Kier alpha value is -4.40. The summed E-state index contributed by atoms with van der Waals surface area (Å²) < 4.78 is 11.0. The number of benzene rings is 2. The molecule has 2 aliphatic heterocycles. The molecule has 3 aromatic rings. The van der Waals surface area contributed by atoms with Crippen molar-refractivity contribution in [3.8, 4) is 0 Å². The maximum Gasteiger partial charge on any atom is 0.318 e. The van der Waals surface area contributed by atoms with Crippen molar-refractivity contribution in [1.82, 2.24) is 14.7 Å². The third-order valence-electron chi connectivity index (χ3n) is 9.40. The van der Waals surface area contributed by atoms with Crippen LogP contribution in [0.25, 0.3) is 10.8 Å². The molecule has 1 aromatic heterocycles. The fourth-order valence-corrected chi connectivity index (χ4v) is 7.15. The summed E-state index contributed by atoms with van der Waals surface area (Å²) in [6, 6.07) is 17.4. The lowest BCUT2D eigenvalue weighted by Crippen LogP contribution is -2.51. The van der Waals surface area contributed by atoms with Gasteiger partial charge in [-0.1, -0.05) is 61.4 Å². The van der Waals surface area contributed by atoms with Crippen molar-refractivity contribution in [2.75, 3.05) is 32.8 Å². The van der Waals surface area contributed by atoms with E-state index in [2.05, 4.69) is 0 Å². The zero-order valence-corrected chi connectivity index (χ0v) is 25.2. The molecule has 9 heteroatoms. The molecular weight excluding hydrogens is 558 g/mol. The fourth-order valence-electron chi connectivity index (χ4n) is 7.15. The minimum Gasteiger partial charge on any atom is -0.465 e. The molecule has 3 amide bonds. The van der Waals surface area contributed by atoms with E-state index in [1.54, 1.807) is 33.8 Å². The van der Waals surface area contributed by atoms with E-state index in [1.165, 1.54) is 6.26 Å². The SMILES string of the molecule is CCOC(=O)[C@@]12CCCCCC=C1N(Cc1cccc3ccccc13)C(=O)[C@H]2CC(=O)N1CCN(C(=O)c2ccco2)CC1. The number of carbonyl (C=O) groups excluding carboxylic acids is 4. The van der Waals surface area contributed by atoms with Gasteiger partial charge < -0.3 is 23.9 Å². The van der Waals surface area contributed by atoms with Crippen LogP contribution in [0.4, 0.5) is 0 Å². The summed E-state index contributed by atoms with van der Waals surface area (Å²) in [5, 5.41) is 2.13. The second-order valence-corrected chi connectivity index (χ2v) is 11.9. The van der Waals surface area contributed by atoms with Crippen LogP contribution in [-0.4, -0.2) is 71.2 Å². The van der Waals surface area contributed by atoms with Crippen LogP contribution in [0.15, 0.2) is 77.1 Å². The predicted molar refractivity (Wildman–Crippen MR) is 164 cm³/mol. The lowest BCUT2D eigenvalue weighted by Gasteiger charge is -2.37. The van der Waals surface area contributed by atoms with Crippen LogP contribution in [0.1, 0.15) is 61.6 Å². The highest BCUT2D eigenvalue weighted by Crippen LogP contribution is 2.53. The summed E-state index contributed by atoms with van der Waals surface area (Å²) in [7, 11) is 0. The minimum absolute atomic E-state index is 0.0901. The molecule has 0 unspecified atom stereocenters. The van der Waals surface area contributed by atoms with Gasteiger partial charge in [-0.05, 0) is 54.7 Å². The Labute approximate surface area is 257 Å². The molecule has 2 fully saturated rings. The number of hydrogen-bond acceptors (Lipinski definition) is 6. The van der Waals surface area contributed by atoms with Gasteiger partial charge in [-0.2, -0.15) is 0 Å².